The summed E-state index contributed by atoms with van der Waals surface area (Å²) in [5.41, 5.74) is 6.60. The van der Waals surface area contributed by atoms with Crippen LogP contribution in [-0.4, -0.2) is 11.0 Å². The van der Waals surface area contributed by atoms with Crippen LogP contribution in [-0.2, 0) is 0 Å². The van der Waals surface area contributed by atoms with Gasteiger partial charge < -0.3 is 11.1 Å². The standard InChI is InChI=1S/C10H17N3/c1-7(2)8(3)13-9-4-5-12-10(11)6-9/h4-8H,1-3H3,(H3,11,12,13). The first-order valence-electron chi connectivity index (χ1n) is 4.57. The molecule has 0 aliphatic rings. The maximum absolute atomic E-state index is 5.56. The lowest BCUT2D eigenvalue weighted by atomic mass is 10.1. The number of hydrogen-bond acceptors (Lipinski definition) is 3. The summed E-state index contributed by atoms with van der Waals surface area (Å²) in [5.74, 6) is 1.16. The molecular formula is C10H17N3. The van der Waals surface area contributed by atoms with E-state index in [9.17, 15) is 0 Å². The molecule has 0 radical (unpaired) electrons. The van der Waals surface area contributed by atoms with Gasteiger partial charge in [0.2, 0.25) is 0 Å². The summed E-state index contributed by atoms with van der Waals surface area (Å²) in [6, 6.07) is 4.22. The largest absolute Gasteiger partial charge is 0.384 e. The quantitative estimate of drug-likeness (QED) is 0.747. The fourth-order valence-electron chi connectivity index (χ4n) is 0.968. The lowest BCUT2D eigenvalue weighted by Gasteiger charge is -2.18. The maximum Gasteiger partial charge on any atom is 0.125 e. The lowest BCUT2D eigenvalue weighted by molar-refractivity contribution is 0.560. The van der Waals surface area contributed by atoms with E-state index in [2.05, 4.69) is 31.1 Å². The third kappa shape index (κ3) is 2.93. The normalized spacial score (nSPS) is 12.9. The molecule has 0 amide bonds. The molecule has 3 heteroatoms. The van der Waals surface area contributed by atoms with Gasteiger partial charge in [-0.3, -0.25) is 0 Å². The smallest absolute Gasteiger partial charge is 0.125 e. The zero-order valence-corrected chi connectivity index (χ0v) is 8.41. The first-order valence-corrected chi connectivity index (χ1v) is 4.57. The van der Waals surface area contributed by atoms with Crippen molar-refractivity contribution in [3.05, 3.63) is 18.3 Å². The summed E-state index contributed by atoms with van der Waals surface area (Å²) in [6.45, 7) is 6.52. The number of hydrogen-bond donors (Lipinski definition) is 2. The number of nitrogens with one attached hydrogen (secondary N) is 1. The Bertz CT molecular complexity index is 271. The van der Waals surface area contributed by atoms with Gasteiger partial charge in [-0.15, -0.1) is 0 Å². The fourth-order valence-corrected chi connectivity index (χ4v) is 0.968. The monoisotopic (exact) mass is 179 g/mol. The van der Waals surface area contributed by atoms with E-state index in [1.54, 1.807) is 6.20 Å². The van der Waals surface area contributed by atoms with Crippen LogP contribution in [0.2, 0.25) is 0 Å². The average molecular weight is 179 g/mol. The Labute approximate surface area is 79.4 Å². The summed E-state index contributed by atoms with van der Waals surface area (Å²) >= 11 is 0. The van der Waals surface area contributed by atoms with Crippen LogP contribution in [0.25, 0.3) is 0 Å². The van der Waals surface area contributed by atoms with Crippen molar-refractivity contribution in [2.24, 2.45) is 5.92 Å². The molecule has 0 aliphatic carbocycles. The van der Waals surface area contributed by atoms with Crippen LogP contribution < -0.4 is 11.1 Å². The number of pyridine rings is 1. The summed E-state index contributed by atoms with van der Waals surface area (Å²) in [6.07, 6.45) is 1.71. The van der Waals surface area contributed by atoms with Crippen LogP contribution in [0.15, 0.2) is 18.3 Å². The second kappa shape index (κ2) is 4.12. The van der Waals surface area contributed by atoms with E-state index in [1.807, 2.05) is 12.1 Å². The number of nitrogens with zero attached hydrogens (tertiary/aromatic N) is 1. The molecule has 0 spiro atoms. The Kier molecular flexibility index (Phi) is 3.12. The van der Waals surface area contributed by atoms with Crippen LogP contribution in [0.1, 0.15) is 20.8 Å². The molecule has 0 bridgehead atoms. The van der Waals surface area contributed by atoms with E-state index in [0.29, 0.717) is 17.8 Å². The SMILES string of the molecule is CC(C)C(C)Nc1ccnc(N)c1. The van der Waals surface area contributed by atoms with E-state index < -0.39 is 0 Å². The molecule has 1 heterocycles. The highest BCUT2D eigenvalue weighted by molar-refractivity contribution is 5.50. The number of rotatable bonds is 3. The lowest BCUT2D eigenvalue weighted by Crippen LogP contribution is -2.21. The van der Waals surface area contributed by atoms with Crippen molar-refractivity contribution in [1.29, 1.82) is 0 Å². The van der Waals surface area contributed by atoms with Gasteiger partial charge in [-0.2, -0.15) is 0 Å². The van der Waals surface area contributed by atoms with Gasteiger partial charge in [0.1, 0.15) is 5.82 Å². The predicted octanol–water partition coefficient (Wildman–Crippen LogP) is 2.12. The number of anilines is 2. The van der Waals surface area contributed by atoms with Crippen LogP contribution in [0.4, 0.5) is 11.5 Å². The average Bonchev–Trinajstić information content (AvgIpc) is 2.04. The van der Waals surface area contributed by atoms with Crippen molar-refractivity contribution in [2.75, 3.05) is 11.1 Å². The van der Waals surface area contributed by atoms with Crippen molar-refractivity contribution in [2.45, 2.75) is 26.8 Å². The first-order chi connectivity index (χ1) is 6.09. The van der Waals surface area contributed by atoms with E-state index in [-0.39, 0.29) is 0 Å². The highest BCUT2D eigenvalue weighted by atomic mass is 14.9. The second-order valence-electron chi connectivity index (χ2n) is 3.65. The molecule has 1 unspecified atom stereocenters. The van der Waals surface area contributed by atoms with Gasteiger partial charge in [-0.05, 0) is 18.9 Å². The van der Waals surface area contributed by atoms with E-state index in [0.717, 1.165) is 5.69 Å². The fraction of sp³-hybridized carbons (Fsp3) is 0.500. The van der Waals surface area contributed by atoms with Gasteiger partial charge >= 0.3 is 0 Å². The summed E-state index contributed by atoms with van der Waals surface area (Å²) < 4.78 is 0. The number of nitrogens with two attached hydrogens (primary N) is 1. The van der Waals surface area contributed by atoms with E-state index in [4.69, 9.17) is 5.73 Å². The summed E-state index contributed by atoms with van der Waals surface area (Å²) in [4.78, 5) is 3.93. The second-order valence-corrected chi connectivity index (χ2v) is 3.65. The van der Waals surface area contributed by atoms with E-state index >= 15 is 0 Å². The molecule has 0 fully saturated rings. The minimum atomic E-state index is 0.446. The van der Waals surface area contributed by atoms with Crippen LogP contribution in [0.5, 0.6) is 0 Å². The van der Waals surface area contributed by atoms with Gasteiger partial charge in [0, 0.05) is 24.0 Å². The molecular weight excluding hydrogens is 162 g/mol. The van der Waals surface area contributed by atoms with Crippen LogP contribution >= 0.6 is 0 Å². The molecule has 1 atom stereocenters. The van der Waals surface area contributed by atoms with Crippen molar-refractivity contribution >= 4 is 11.5 Å². The third-order valence-electron chi connectivity index (χ3n) is 2.18. The molecule has 0 saturated carbocycles. The molecule has 13 heavy (non-hydrogen) atoms. The Balaban J connectivity index is 2.64. The minimum Gasteiger partial charge on any atom is -0.384 e. The first kappa shape index (κ1) is 9.84. The van der Waals surface area contributed by atoms with Crippen molar-refractivity contribution in [3.63, 3.8) is 0 Å². The molecule has 1 aromatic heterocycles. The molecule has 0 saturated heterocycles. The zero-order valence-electron chi connectivity index (χ0n) is 8.41. The van der Waals surface area contributed by atoms with Crippen LogP contribution in [0, 0.1) is 5.92 Å². The molecule has 3 N–H and O–H groups in total. The maximum atomic E-state index is 5.56. The number of nitrogen functional groups attached to an aromatic ring is 1. The third-order valence-corrected chi connectivity index (χ3v) is 2.18. The molecule has 0 aliphatic heterocycles. The predicted molar refractivity (Wildman–Crippen MR) is 56.6 cm³/mol. The summed E-state index contributed by atoms with van der Waals surface area (Å²) in [7, 11) is 0. The van der Waals surface area contributed by atoms with Gasteiger partial charge in [0.25, 0.3) is 0 Å². The highest BCUT2D eigenvalue weighted by Crippen LogP contribution is 2.13. The van der Waals surface area contributed by atoms with Gasteiger partial charge in [0.05, 0.1) is 0 Å². The summed E-state index contributed by atoms with van der Waals surface area (Å²) in [5, 5.41) is 3.36. The van der Waals surface area contributed by atoms with Gasteiger partial charge in [-0.25, -0.2) is 4.98 Å². The zero-order chi connectivity index (χ0) is 9.84. The van der Waals surface area contributed by atoms with Crippen molar-refractivity contribution in [3.8, 4) is 0 Å². The number of aromatic nitrogens is 1. The van der Waals surface area contributed by atoms with Gasteiger partial charge in [0.15, 0.2) is 0 Å². The molecule has 1 aromatic rings. The Morgan fingerprint density at radius 2 is 2.08 bits per heavy atom. The Morgan fingerprint density at radius 3 is 2.62 bits per heavy atom. The Morgan fingerprint density at radius 1 is 1.38 bits per heavy atom. The van der Waals surface area contributed by atoms with Crippen LogP contribution in [0.3, 0.4) is 0 Å². The molecule has 3 nitrogen and oxygen atoms in total. The minimum absolute atomic E-state index is 0.446. The van der Waals surface area contributed by atoms with E-state index in [1.165, 1.54) is 0 Å². The Hall–Kier alpha value is -1.25. The molecule has 72 valence electrons. The van der Waals surface area contributed by atoms with Crippen molar-refractivity contribution in [1.82, 2.24) is 4.98 Å². The highest BCUT2D eigenvalue weighted by Gasteiger charge is 2.05. The van der Waals surface area contributed by atoms with Crippen molar-refractivity contribution < 1.29 is 0 Å². The topological polar surface area (TPSA) is 50.9 Å². The van der Waals surface area contributed by atoms with Gasteiger partial charge in [-0.1, -0.05) is 13.8 Å². The molecule has 1 rings (SSSR count). The molecule has 0 aromatic carbocycles.